The SMILES string of the molecule is CCCCCCCCCOc1cccn(C(C)C(=O)O)c1=O. The minimum absolute atomic E-state index is 0.224. The second-order valence-corrected chi connectivity index (χ2v) is 5.57. The zero-order chi connectivity index (χ0) is 16.4. The Hall–Kier alpha value is -1.78. The van der Waals surface area contributed by atoms with Gasteiger partial charge in [-0.15, -0.1) is 0 Å². The van der Waals surface area contributed by atoms with Crippen molar-refractivity contribution in [2.45, 2.75) is 64.8 Å². The number of carbonyl (C=O) groups is 1. The number of unbranched alkanes of at least 4 members (excludes halogenated alkanes) is 6. The molecule has 1 unspecified atom stereocenters. The monoisotopic (exact) mass is 309 g/mol. The molecule has 124 valence electrons. The maximum absolute atomic E-state index is 12.1. The predicted octanol–water partition coefficient (Wildman–Crippen LogP) is 3.62. The molecule has 5 heteroatoms. The lowest BCUT2D eigenvalue weighted by Crippen LogP contribution is -2.28. The summed E-state index contributed by atoms with van der Waals surface area (Å²) in [5.41, 5.74) is -0.389. The zero-order valence-electron chi connectivity index (χ0n) is 13.6. The van der Waals surface area contributed by atoms with Gasteiger partial charge in [-0.25, -0.2) is 4.79 Å². The largest absolute Gasteiger partial charge is 0.488 e. The number of hydrogen-bond donors (Lipinski definition) is 1. The van der Waals surface area contributed by atoms with E-state index in [1.165, 1.54) is 49.8 Å². The van der Waals surface area contributed by atoms with Gasteiger partial charge in [0.15, 0.2) is 5.75 Å². The van der Waals surface area contributed by atoms with Crippen molar-refractivity contribution >= 4 is 5.97 Å². The molecule has 0 aliphatic rings. The highest BCUT2D eigenvalue weighted by molar-refractivity contribution is 5.71. The number of nitrogens with zero attached hydrogens (tertiary/aromatic N) is 1. The van der Waals surface area contributed by atoms with Crippen LogP contribution in [0.5, 0.6) is 5.75 Å². The number of hydrogen-bond acceptors (Lipinski definition) is 3. The fourth-order valence-corrected chi connectivity index (χ4v) is 2.26. The van der Waals surface area contributed by atoms with Crippen molar-refractivity contribution in [3.8, 4) is 5.75 Å². The van der Waals surface area contributed by atoms with Gasteiger partial charge in [-0.2, -0.15) is 0 Å². The van der Waals surface area contributed by atoms with Crippen LogP contribution in [0, 0.1) is 0 Å². The molecule has 0 spiro atoms. The quantitative estimate of drug-likeness (QED) is 0.634. The molecule has 1 heterocycles. The van der Waals surface area contributed by atoms with Crippen molar-refractivity contribution in [2.24, 2.45) is 0 Å². The Kier molecular flexibility index (Phi) is 8.33. The van der Waals surface area contributed by atoms with Crippen LogP contribution in [0.2, 0.25) is 0 Å². The Morgan fingerprint density at radius 2 is 1.86 bits per heavy atom. The van der Waals surface area contributed by atoms with Crippen LogP contribution in [0.1, 0.15) is 64.8 Å². The number of carboxylic acids is 1. The van der Waals surface area contributed by atoms with Gasteiger partial charge in [0.1, 0.15) is 6.04 Å². The molecule has 1 aromatic heterocycles. The summed E-state index contributed by atoms with van der Waals surface area (Å²) in [6.07, 6.45) is 9.75. The van der Waals surface area contributed by atoms with E-state index in [4.69, 9.17) is 9.84 Å². The molecule has 0 radical (unpaired) electrons. The number of aromatic nitrogens is 1. The molecule has 0 aliphatic heterocycles. The Morgan fingerprint density at radius 1 is 1.23 bits per heavy atom. The summed E-state index contributed by atoms with van der Waals surface area (Å²) in [4.78, 5) is 23.1. The Morgan fingerprint density at radius 3 is 2.50 bits per heavy atom. The first-order chi connectivity index (χ1) is 10.6. The molecular formula is C17H27NO4. The van der Waals surface area contributed by atoms with Crippen molar-refractivity contribution in [3.05, 3.63) is 28.7 Å². The normalized spacial score (nSPS) is 12.1. The van der Waals surface area contributed by atoms with Crippen molar-refractivity contribution < 1.29 is 14.6 Å². The summed E-state index contributed by atoms with van der Waals surface area (Å²) in [5.74, 6) is -0.812. The van der Waals surface area contributed by atoms with E-state index >= 15 is 0 Å². The third kappa shape index (κ3) is 5.92. The molecule has 0 aromatic carbocycles. The van der Waals surface area contributed by atoms with Crippen LogP contribution in [0.4, 0.5) is 0 Å². The van der Waals surface area contributed by atoms with Gasteiger partial charge < -0.3 is 9.84 Å². The summed E-state index contributed by atoms with van der Waals surface area (Å²) in [6, 6.07) is 2.34. The molecule has 0 amide bonds. The number of carboxylic acid groups (broad SMARTS) is 1. The molecule has 0 bridgehead atoms. The highest BCUT2D eigenvalue weighted by Gasteiger charge is 2.16. The molecular weight excluding hydrogens is 282 g/mol. The van der Waals surface area contributed by atoms with Crippen LogP contribution in [-0.2, 0) is 4.79 Å². The van der Waals surface area contributed by atoms with E-state index < -0.39 is 12.0 Å². The average molecular weight is 309 g/mol. The first-order valence-corrected chi connectivity index (χ1v) is 8.14. The third-order valence-corrected chi connectivity index (χ3v) is 3.72. The lowest BCUT2D eigenvalue weighted by molar-refractivity contribution is -0.140. The van der Waals surface area contributed by atoms with Crippen LogP contribution < -0.4 is 10.3 Å². The van der Waals surface area contributed by atoms with E-state index in [9.17, 15) is 9.59 Å². The second kappa shape index (κ2) is 10.0. The Labute approximate surface area is 131 Å². The van der Waals surface area contributed by atoms with E-state index in [2.05, 4.69) is 6.92 Å². The fraction of sp³-hybridized carbons (Fsp3) is 0.647. The minimum Gasteiger partial charge on any atom is -0.488 e. The molecule has 1 aromatic rings. The highest BCUT2D eigenvalue weighted by atomic mass is 16.5. The smallest absolute Gasteiger partial charge is 0.326 e. The second-order valence-electron chi connectivity index (χ2n) is 5.57. The van der Waals surface area contributed by atoms with Gasteiger partial charge >= 0.3 is 5.97 Å². The molecule has 1 rings (SSSR count). The number of pyridine rings is 1. The number of ether oxygens (including phenoxy) is 1. The van der Waals surface area contributed by atoms with Crippen LogP contribution >= 0.6 is 0 Å². The van der Waals surface area contributed by atoms with Gasteiger partial charge in [-0.3, -0.25) is 9.36 Å². The average Bonchev–Trinajstić information content (AvgIpc) is 2.50. The van der Waals surface area contributed by atoms with Gasteiger partial charge in [-0.1, -0.05) is 45.4 Å². The summed E-state index contributed by atoms with van der Waals surface area (Å²) in [5, 5.41) is 8.98. The maximum atomic E-state index is 12.1. The zero-order valence-corrected chi connectivity index (χ0v) is 13.6. The molecule has 0 saturated heterocycles. The van der Waals surface area contributed by atoms with E-state index in [0.717, 1.165) is 12.8 Å². The topological polar surface area (TPSA) is 68.5 Å². The Balaban J connectivity index is 2.39. The van der Waals surface area contributed by atoms with Gasteiger partial charge in [0.05, 0.1) is 6.61 Å². The first kappa shape index (κ1) is 18.3. The Bertz CT molecular complexity index is 510. The molecule has 0 aliphatic carbocycles. The van der Waals surface area contributed by atoms with E-state index in [1.54, 1.807) is 12.1 Å². The highest BCUT2D eigenvalue weighted by Crippen LogP contribution is 2.10. The van der Waals surface area contributed by atoms with Crippen LogP contribution in [0.15, 0.2) is 23.1 Å². The molecule has 22 heavy (non-hydrogen) atoms. The van der Waals surface area contributed by atoms with Crippen molar-refractivity contribution in [1.82, 2.24) is 4.57 Å². The molecule has 0 fully saturated rings. The third-order valence-electron chi connectivity index (χ3n) is 3.72. The molecule has 1 atom stereocenters. The van der Waals surface area contributed by atoms with E-state index in [0.29, 0.717) is 6.61 Å². The molecule has 1 N–H and O–H groups in total. The lowest BCUT2D eigenvalue weighted by atomic mass is 10.1. The van der Waals surface area contributed by atoms with Crippen molar-refractivity contribution in [1.29, 1.82) is 0 Å². The number of aliphatic carboxylic acids is 1. The minimum atomic E-state index is -1.04. The summed E-state index contributed by atoms with van der Waals surface area (Å²) in [6.45, 7) is 4.17. The molecule has 5 nitrogen and oxygen atoms in total. The van der Waals surface area contributed by atoms with Crippen molar-refractivity contribution in [3.63, 3.8) is 0 Å². The fourth-order valence-electron chi connectivity index (χ4n) is 2.26. The maximum Gasteiger partial charge on any atom is 0.326 e. The van der Waals surface area contributed by atoms with Crippen LogP contribution in [0.3, 0.4) is 0 Å². The summed E-state index contributed by atoms with van der Waals surface area (Å²) >= 11 is 0. The lowest BCUT2D eigenvalue weighted by Gasteiger charge is -2.12. The van der Waals surface area contributed by atoms with Crippen molar-refractivity contribution in [2.75, 3.05) is 6.61 Å². The summed E-state index contributed by atoms with van der Waals surface area (Å²) < 4.78 is 6.69. The predicted molar refractivity (Wildman–Crippen MR) is 86.5 cm³/mol. The van der Waals surface area contributed by atoms with E-state index in [1.807, 2.05) is 0 Å². The summed E-state index contributed by atoms with van der Waals surface area (Å²) in [7, 11) is 0. The van der Waals surface area contributed by atoms with Gasteiger partial charge in [0.2, 0.25) is 0 Å². The van der Waals surface area contributed by atoms with Gasteiger partial charge in [0.25, 0.3) is 5.56 Å². The van der Waals surface area contributed by atoms with E-state index in [-0.39, 0.29) is 11.3 Å². The van der Waals surface area contributed by atoms with Crippen LogP contribution in [0.25, 0.3) is 0 Å². The number of rotatable bonds is 11. The molecule has 0 saturated carbocycles. The van der Waals surface area contributed by atoms with Gasteiger partial charge in [0, 0.05) is 6.20 Å². The van der Waals surface area contributed by atoms with Gasteiger partial charge in [-0.05, 0) is 25.5 Å². The first-order valence-electron chi connectivity index (χ1n) is 8.14. The standard InChI is InChI=1S/C17H27NO4/c1-3-4-5-6-7-8-9-13-22-15-11-10-12-18(16(15)19)14(2)17(20)21/h10-12,14H,3-9,13H2,1-2H3,(H,20,21). The van der Waals surface area contributed by atoms with Crippen LogP contribution in [-0.4, -0.2) is 22.2 Å².